The van der Waals surface area contributed by atoms with Crippen molar-refractivity contribution < 1.29 is 14.3 Å². The highest BCUT2D eigenvalue weighted by atomic mass is 32.1. The van der Waals surface area contributed by atoms with Gasteiger partial charge >= 0.3 is 0 Å². The van der Waals surface area contributed by atoms with E-state index in [9.17, 15) is 4.79 Å². The van der Waals surface area contributed by atoms with Gasteiger partial charge in [-0.05, 0) is 30.9 Å². The van der Waals surface area contributed by atoms with Crippen LogP contribution in [0.4, 0.5) is 0 Å². The second-order valence-electron chi connectivity index (χ2n) is 5.86. The molecule has 1 aromatic rings. The van der Waals surface area contributed by atoms with Crippen molar-refractivity contribution in [2.45, 2.75) is 44.3 Å². The minimum Gasteiger partial charge on any atom is -0.347 e. The molecule has 1 saturated heterocycles. The molecule has 1 spiro atoms. The van der Waals surface area contributed by atoms with Crippen molar-refractivity contribution in [2.24, 2.45) is 5.92 Å². The van der Waals surface area contributed by atoms with Gasteiger partial charge in [0.05, 0.1) is 13.2 Å². The van der Waals surface area contributed by atoms with Gasteiger partial charge < -0.3 is 9.47 Å². The van der Waals surface area contributed by atoms with Gasteiger partial charge in [0.25, 0.3) is 0 Å². The predicted molar refractivity (Wildman–Crippen MR) is 72.4 cm³/mol. The van der Waals surface area contributed by atoms with E-state index in [0.29, 0.717) is 31.3 Å². The van der Waals surface area contributed by atoms with Crippen LogP contribution < -0.4 is 0 Å². The first-order valence-electron chi connectivity index (χ1n) is 7.15. The third-order valence-electron chi connectivity index (χ3n) is 4.34. The normalized spacial score (nSPS) is 24.6. The lowest BCUT2D eigenvalue weighted by Gasteiger charge is -2.31. The Hall–Kier alpha value is -0.710. The molecule has 102 valence electrons. The number of fused-ring (bicyclic) bond motifs is 1. The number of hydrogen-bond donors (Lipinski definition) is 0. The second kappa shape index (κ2) is 4.40. The molecular formula is C15H18O3S. The van der Waals surface area contributed by atoms with Crippen molar-refractivity contribution in [3.63, 3.8) is 0 Å². The summed E-state index contributed by atoms with van der Waals surface area (Å²) < 4.78 is 11.6. The average Bonchev–Trinajstić information content (AvgIpc) is 3.05. The molecule has 19 heavy (non-hydrogen) atoms. The van der Waals surface area contributed by atoms with Gasteiger partial charge in [-0.15, -0.1) is 11.3 Å². The van der Waals surface area contributed by atoms with E-state index in [4.69, 9.17) is 9.47 Å². The van der Waals surface area contributed by atoms with Crippen molar-refractivity contribution in [2.75, 3.05) is 13.2 Å². The third-order valence-corrected chi connectivity index (χ3v) is 5.57. The molecule has 0 radical (unpaired) electrons. The lowest BCUT2D eigenvalue weighted by molar-refractivity contribution is -0.163. The lowest BCUT2D eigenvalue weighted by Crippen LogP contribution is -2.36. The highest BCUT2D eigenvalue weighted by molar-refractivity contribution is 7.12. The molecule has 1 aliphatic heterocycles. The molecule has 3 aliphatic rings. The van der Waals surface area contributed by atoms with Crippen molar-refractivity contribution in [3.05, 3.63) is 21.4 Å². The molecule has 2 aliphatic carbocycles. The maximum atomic E-state index is 11.9. The summed E-state index contributed by atoms with van der Waals surface area (Å²) >= 11 is 1.82. The van der Waals surface area contributed by atoms with Crippen molar-refractivity contribution in [1.82, 2.24) is 0 Å². The molecular weight excluding hydrogens is 260 g/mol. The highest BCUT2D eigenvalue weighted by Crippen LogP contribution is 2.39. The van der Waals surface area contributed by atoms with Crippen molar-refractivity contribution in [3.8, 4) is 0 Å². The molecule has 0 amide bonds. The zero-order valence-corrected chi connectivity index (χ0v) is 11.8. The van der Waals surface area contributed by atoms with Crippen LogP contribution >= 0.6 is 11.3 Å². The Bertz CT molecular complexity index is 509. The van der Waals surface area contributed by atoms with Crippen LogP contribution in [0, 0.1) is 5.92 Å². The van der Waals surface area contributed by atoms with E-state index in [0.717, 1.165) is 32.1 Å². The van der Waals surface area contributed by atoms with E-state index in [2.05, 4.69) is 6.07 Å². The SMILES string of the molecule is O=C(Cc1cc2c(s1)CCC1(C2)OCCO1)C1CC1. The first-order chi connectivity index (χ1) is 9.24. The molecule has 1 aromatic heterocycles. The Morgan fingerprint density at radius 2 is 2.16 bits per heavy atom. The van der Waals surface area contributed by atoms with Gasteiger partial charge in [-0.25, -0.2) is 0 Å². The summed E-state index contributed by atoms with van der Waals surface area (Å²) in [5, 5.41) is 0. The number of thiophene rings is 1. The largest absolute Gasteiger partial charge is 0.347 e. The Balaban J connectivity index is 1.51. The Labute approximate surface area is 116 Å². The number of ketones is 1. The fraction of sp³-hybridized carbons (Fsp3) is 0.667. The molecule has 0 N–H and O–H groups in total. The fourth-order valence-electron chi connectivity index (χ4n) is 3.12. The van der Waals surface area contributed by atoms with E-state index in [1.54, 1.807) is 0 Å². The van der Waals surface area contributed by atoms with E-state index < -0.39 is 0 Å². The maximum Gasteiger partial charge on any atom is 0.172 e. The number of carbonyl (C=O) groups is 1. The molecule has 2 fully saturated rings. The van der Waals surface area contributed by atoms with Gasteiger partial charge in [0.1, 0.15) is 5.78 Å². The van der Waals surface area contributed by atoms with Crippen LogP contribution in [0.3, 0.4) is 0 Å². The van der Waals surface area contributed by atoms with Crippen molar-refractivity contribution >= 4 is 17.1 Å². The standard InChI is InChI=1S/C15H18O3S/c16-13(10-1-2-10)8-12-7-11-9-15(17-5-6-18-15)4-3-14(11)19-12/h7,10H,1-6,8-9H2. The van der Waals surface area contributed by atoms with Gasteiger partial charge in [0.2, 0.25) is 0 Å². The maximum absolute atomic E-state index is 11.9. The molecule has 0 aromatic carbocycles. The zero-order valence-electron chi connectivity index (χ0n) is 10.9. The van der Waals surface area contributed by atoms with Gasteiger partial charge in [-0.1, -0.05) is 0 Å². The average molecular weight is 278 g/mol. The minimum absolute atomic E-state index is 0.355. The van der Waals surface area contributed by atoms with Crippen LogP contribution in [0.2, 0.25) is 0 Å². The van der Waals surface area contributed by atoms with E-state index in [1.165, 1.54) is 15.3 Å². The van der Waals surface area contributed by atoms with Crippen LogP contribution in [0.5, 0.6) is 0 Å². The minimum atomic E-state index is -0.355. The molecule has 2 heterocycles. The number of ether oxygens (including phenoxy) is 2. The van der Waals surface area contributed by atoms with Crippen LogP contribution in [0.25, 0.3) is 0 Å². The Kier molecular flexibility index (Phi) is 2.79. The number of aryl methyl sites for hydroxylation is 1. The topological polar surface area (TPSA) is 35.5 Å². The summed E-state index contributed by atoms with van der Waals surface area (Å²) in [4.78, 5) is 14.6. The van der Waals surface area contributed by atoms with Crippen LogP contribution in [0.15, 0.2) is 6.07 Å². The van der Waals surface area contributed by atoms with Gasteiger partial charge in [0.15, 0.2) is 5.79 Å². The quantitative estimate of drug-likeness (QED) is 0.852. The number of carbonyl (C=O) groups excluding carboxylic acids is 1. The summed E-state index contributed by atoms with van der Waals surface area (Å²) in [6.07, 6.45) is 5.69. The molecule has 0 bridgehead atoms. The predicted octanol–water partition coefficient (Wildman–Crippen LogP) is 2.50. The van der Waals surface area contributed by atoms with Crippen molar-refractivity contribution in [1.29, 1.82) is 0 Å². The summed E-state index contributed by atoms with van der Waals surface area (Å²) in [5.74, 6) is 0.444. The van der Waals surface area contributed by atoms with Crippen LogP contribution in [-0.4, -0.2) is 24.8 Å². The summed E-state index contributed by atoms with van der Waals surface area (Å²) in [6, 6.07) is 2.21. The lowest BCUT2D eigenvalue weighted by atomic mass is 9.93. The second-order valence-corrected chi connectivity index (χ2v) is 7.08. The molecule has 1 saturated carbocycles. The first-order valence-corrected chi connectivity index (χ1v) is 7.97. The molecule has 0 unspecified atom stereocenters. The number of Topliss-reactive ketones (excluding diaryl/α,β-unsaturated/α-hetero) is 1. The molecule has 3 nitrogen and oxygen atoms in total. The number of hydrogen-bond acceptors (Lipinski definition) is 4. The summed E-state index contributed by atoms with van der Waals surface area (Å²) in [7, 11) is 0. The Morgan fingerprint density at radius 3 is 2.89 bits per heavy atom. The fourth-order valence-corrected chi connectivity index (χ4v) is 4.32. The Morgan fingerprint density at radius 1 is 1.37 bits per heavy atom. The first kappa shape index (κ1) is 12.1. The summed E-state index contributed by atoms with van der Waals surface area (Å²) in [6.45, 7) is 1.43. The summed E-state index contributed by atoms with van der Waals surface area (Å²) in [5.41, 5.74) is 1.34. The van der Waals surface area contributed by atoms with Crippen LogP contribution in [-0.2, 0) is 33.5 Å². The third kappa shape index (κ3) is 2.26. The van der Waals surface area contributed by atoms with E-state index in [-0.39, 0.29) is 5.79 Å². The van der Waals surface area contributed by atoms with E-state index in [1.807, 2.05) is 11.3 Å². The zero-order chi connectivity index (χ0) is 12.9. The van der Waals surface area contributed by atoms with Gasteiger partial charge in [0, 0.05) is 34.9 Å². The van der Waals surface area contributed by atoms with Gasteiger partial charge in [-0.2, -0.15) is 0 Å². The molecule has 4 rings (SSSR count). The number of rotatable bonds is 3. The van der Waals surface area contributed by atoms with Gasteiger partial charge in [-0.3, -0.25) is 4.79 Å². The molecule has 4 heteroatoms. The van der Waals surface area contributed by atoms with Crippen LogP contribution in [0.1, 0.15) is 34.6 Å². The monoisotopic (exact) mass is 278 g/mol. The highest BCUT2D eigenvalue weighted by Gasteiger charge is 2.40. The molecule has 0 atom stereocenters. The van der Waals surface area contributed by atoms with E-state index >= 15 is 0 Å². The smallest absolute Gasteiger partial charge is 0.172 e.